The molecular weight excluding hydrogens is 337 g/mol. The molecule has 1 aromatic heterocycles. The maximum atomic E-state index is 12.0. The molecular formula is C13H12Cl3N3O2. The lowest BCUT2D eigenvalue weighted by atomic mass is 10.3. The lowest BCUT2D eigenvalue weighted by Gasteiger charge is -2.13. The monoisotopic (exact) mass is 347 g/mol. The topological polar surface area (TPSA) is 70.1 Å². The second-order valence-corrected chi connectivity index (χ2v) is 5.77. The van der Waals surface area contributed by atoms with E-state index in [1.54, 1.807) is 0 Å². The van der Waals surface area contributed by atoms with Crippen LogP contribution in [0.15, 0.2) is 23.1 Å². The third-order valence-electron chi connectivity index (χ3n) is 2.63. The van der Waals surface area contributed by atoms with Gasteiger partial charge in [0.1, 0.15) is 0 Å². The first-order chi connectivity index (χ1) is 9.81. The molecule has 2 rings (SSSR count). The molecule has 21 heavy (non-hydrogen) atoms. The Morgan fingerprint density at radius 1 is 1.24 bits per heavy atom. The predicted octanol–water partition coefficient (Wildman–Crippen LogP) is 4.16. The minimum absolute atomic E-state index is 0.0761. The van der Waals surface area contributed by atoms with Crippen molar-refractivity contribution in [2.75, 3.05) is 5.73 Å². The fourth-order valence-electron chi connectivity index (χ4n) is 1.66. The molecule has 0 aliphatic heterocycles. The van der Waals surface area contributed by atoms with Crippen molar-refractivity contribution >= 4 is 40.5 Å². The zero-order chi connectivity index (χ0) is 15.7. The molecule has 2 N–H and O–H groups in total. The number of nitrogen functional groups attached to an aromatic ring is 1. The summed E-state index contributed by atoms with van der Waals surface area (Å²) < 4.78 is 6.77. The van der Waals surface area contributed by atoms with Crippen molar-refractivity contribution in [3.05, 3.63) is 43.8 Å². The van der Waals surface area contributed by atoms with Crippen LogP contribution >= 0.6 is 34.8 Å². The van der Waals surface area contributed by atoms with Gasteiger partial charge in [0.05, 0.1) is 22.3 Å². The smallest absolute Gasteiger partial charge is 0.289 e. The molecule has 0 saturated heterocycles. The van der Waals surface area contributed by atoms with E-state index >= 15 is 0 Å². The molecule has 0 aliphatic rings. The van der Waals surface area contributed by atoms with E-state index in [0.29, 0.717) is 5.69 Å². The number of aromatic nitrogens is 2. The normalized spacial score (nSPS) is 11.0. The highest BCUT2D eigenvalue weighted by molar-refractivity contribution is 6.37. The Labute approximate surface area is 136 Å². The van der Waals surface area contributed by atoms with E-state index in [4.69, 9.17) is 45.3 Å². The summed E-state index contributed by atoms with van der Waals surface area (Å²) >= 11 is 18.1. The minimum Gasteiger partial charge on any atom is -0.451 e. The predicted molar refractivity (Wildman–Crippen MR) is 84.8 cm³/mol. The van der Waals surface area contributed by atoms with E-state index in [0.717, 1.165) is 0 Å². The zero-order valence-electron chi connectivity index (χ0n) is 11.2. The number of hydrogen-bond acceptors (Lipinski definition) is 4. The van der Waals surface area contributed by atoms with Crippen LogP contribution in [0, 0.1) is 0 Å². The van der Waals surface area contributed by atoms with Gasteiger partial charge < -0.3 is 10.5 Å². The number of nitrogens with two attached hydrogens (primary N) is 1. The standard InChI is InChI=1S/C13H12Cl3N3O2/c1-6(2)19-13(20)11(16)10(5-18-19)21-12-8(14)3-7(17)4-9(12)15/h3-6H,17H2,1-2H3. The van der Waals surface area contributed by atoms with Crippen LogP contribution < -0.4 is 16.0 Å². The molecule has 8 heteroatoms. The third-order valence-corrected chi connectivity index (χ3v) is 3.54. The van der Waals surface area contributed by atoms with Gasteiger partial charge in [-0.15, -0.1) is 0 Å². The van der Waals surface area contributed by atoms with Gasteiger partial charge >= 0.3 is 0 Å². The van der Waals surface area contributed by atoms with Gasteiger partial charge in [-0.1, -0.05) is 34.8 Å². The van der Waals surface area contributed by atoms with Crippen LogP contribution in [0.4, 0.5) is 5.69 Å². The third kappa shape index (κ3) is 3.26. The average molecular weight is 349 g/mol. The SMILES string of the molecule is CC(C)n1ncc(Oc2c(Cl)cc(N)cc2Cl)c(Cl)c1=O. The summed E-state index contributed by atoms with van der Waals surface area (Å²) in [4.78, 5) is 12.0. The molecule has 0 amide bonds. The molecule has 0 unspecified atom stereocenters. The molecule has 1 aromatic carbocycles. The van der Waals surface area contributed by atoms with Gasteiger partial charge in [-0.05, 0) is 26.0 Å². The average Bonchev–Trinajstić information content (AvgIpc) is 2.38. The van der Waals surface area contributed by atoms with E-state index in [1.165, 1.54) is 23.0 Å². The van der Waals surface area contributed by atoms with Crippen molar-refractivity contribution in [2.24, 2.45) is 0 Å². The Balaban J connectivity index is 2.47. The van der Waals surface area contributed by atoms with E-state index in [2.05, 4.69) is 5.10 Å². The van der Waals surface area contributed by atoms with E-state index < -0.39 is 5.56 Å². The summed E-state index contributed by atoms with van der Waals surface area (Å²) in [5.74, 6) is 0.241. The molecule has 1 heterocycles. The lowest BCUT2D eigenvalue weighted by molar-refractivity contribution is 0.454. The molecule has 0 fully saturated rings. The summed E-state index contributed by atoms with van der Waals surface area (Å²) in [7, 11) is 0. The number of ether oxygens (including phenoxy) is 1. The van der Waals surface area contributed by atoms with Crippen molar-refractivity contribution in [3.8, 4) is 11.5 Å². The Morgan fingerprint density at radius 3 is 2.33 bits per heavy atom. The van der Waals surface area contributed by atoms with Crippen LogP contribution in [-0.4, -0.2) is 9.78 Å². The largest absolute Gasteiger partial charge is 0.451 e. The van der Waals surface area contributed by atoms with E-state index in [1.807, 2.05) is 13.8 Å². The molecule has 2 aromatic rings. The van der Waals surface area contributed by atoms with E-state index in [-0.39, 0.29) is 32.6 Å². The highest BCUT2D eigenvalue weighted by Crippen LogP contribution is 2.39. The Hall–Kier alpha value is -1.43. The quantitative estimate of drug-likeness (QED) is 0.846. The molecule has 0 atom stereocenters. The number of hydrogen-bond donors (Lipinski definition) is 1. The highest BCUT2D eigenvalue weighted by atomic mass is 35.5. The van der Waals surface area contributed by atoms with Crippen molar-refractivity contribution in [2.45, 2.75) is 19.9 Å². The number of anilines is 1. The van der Waals surface area contributed by atoms with Crippen LogP contribution in [0.3, 0.4) is 0 Å². The molecule has 0 radical (unpaired) electrons. The second kappa shape index (κ2) is 6.13. The summed E-state index contributed by atoms with van der Waals surface area (Å²) in [6, 6.07) is 2.85. The first kappa shape index (κ1) is 15.9. The molecule has 112 valence electrons. The Kier molecular flexibility index (Phi) is 4.66. The van der Waals surface area contributed by atoms with Crippen LogP contribution in [0.5, 0.6) is 11.5 Å². The Morgan fingerprint density at radius 2 is 1.81 bits per heavy atom. The summed E-state index contributed by atoms with van der Waals surface area (Å²) in [6.45, 7) is 3.64. The number of rotatable bonds is 3. The first-order valence-corrected chi connectivity index (χ1v) is 7.14. The van der Waals surface area contributed by atoms with Crippen molar-refractivity contribution in [1.82, 2.24) is 9.78 Å². The number of benzene rings is 1. The van der Waals surface area contributed by atoms with Gasteiger partial charge in [-0.2, -0.15) is 5.10 Å². The molecule has 0 spiro atoms. The van der Waals surface area contributed by atoms with Crippen LogP contribution in [0.2, 0.25) is 15.1 Å². The highest BCUT2D eigenvalue weighted by Gasteiger charge is 2.16. The van der Waals surface area contributed by atoms with Crippen LogP contribution in [0.25, 0.3) is 0 Å². The zero-order valence-corrected chi connectivity index (χ0v) is 13.5. The molecule has 0 bridgehead atoms. The summed E-state index contributed by atoms with van der Waals surface area (Å²) in [5, 5.41) is 4.32. The van der Waals surface area contributed by atoms with Crippen molar-refractivity contribution in [1.29, 1.82) is 0 Å². The Bertz CT molecular complexity index is 721. The van der Waals surface area contributed by atoms with Gasteiger partial charge in [-0.25, -0.2) is 4.68 Å². The molecule has 0 aliphatic carbocycles. The van der Waals surface area contributed by atoms with Crippen molar-refractivity contribution in [3.63, 3.8) is 0 Å². The lowest BCUT2D eigenvalue weighted by Crippen LogP contribution is -2.25. The van der Waals surface area contributed by atoms with Crippen molar-refractivity contribution < 1.29 is 4.74 Å². The van der Waals surface area contributed by atoms with E-state index in [9.17, 15) is 4.79 Å². The van der Waals surface area contributed by atoms with Gasteiger partial charge in [0.15, 0.2) is 16.5 Å². The summed E-state index contributed by atoms with van der Waals surface area (Å²) in [5.41, 5.74) is 5.56. The van der Waals surface area contributed by atoms with Crippen LogP contribution in [-0.2, 0) is 0 Å². The second-order valence-electron chi connectivity index (χ2n) is 4.58. The number of nitrogens with zero attached hydrogens (tertiary/aromatic N) is 2. The maximum absolute atomic E-state index is 12.0. The fraction of sp³-hybridized carbons (Fsp3) is 0.231. The fourth-order valence-corrected chi connectivity index (χ4v) is 2.41. The number of halogens is 3. The maximum Gasteiger partial charge on any atom is 0.289 e. The molecule has 0 saturated carbocycles. The van der Waals surface area contributed by atoms with Gasteiger partial charge in [0.2, 0.25) is 0 Å². The van der Waals surface area contributed by atoms with Gasteiger partial charge in [-0.3, -0.25) is 4.79 Å². The minimum atomic E-state index is -0.452. The molecule has 5 nitrogen and oxygen atoms in total. The van der Waals surface area contributed by atoms with Gasteiger partial charge in [0.25, 0.3) is 5.56 Å². The first-order valence-electron chi connectivity index (χ1n) is 6.01. The van der Waals surface area contributed by atoms with Gasteiger partial charge in [0, 0.05) is 5.69 Å². The van der Waals surface area contributed by atoms with Crippen LogP contribution in [0.1, 0.15) is 19.9 Å². The summed E-state index contributed by atoms with van der Waals surface area (Å²) in [6.07, 6.45) is 1.34.